The molecule has 0 aliphatic rings. The summed E-state index contributed by atoms with van der Waals surface area (Å²) in [6.45, 7) is 1.57. The number of halogens is 2. The van der Waals surface area contributed by atoms with E-state index in [4.69, 9.17) is 11.6 Å². The maximum Gasteiger partial charge on any atom is 0.185 e. The van der Waals surface area contributed by atoms with Crippen LogP contribution in [0.5, 0.6) is 0 Å². The van der Waals surface area contributed by atoms with Crippen LogP contribution in [0.15, 0.2) is 0 Å². The minimum absolute atomic E-state index is 0.115. The van der Waals surface area contributed by atoms with Gasteiger partial charge in [-0.15, -0.1) is 0 Å². The highest BCUT2D eigenvalue weighted by Gasteiger charge is 2.15. The minimum Gasteiger partial charge on any atom is -0.226 e. The molecule has 0 bridgehead atoms. The number of rotatable bonds is 2. The SMILES string of the molecule is CCS(=O)(=O)[C@H](Cl)I. The van der Waals surface area contributed by atoms with Crippen LogP contribution in [0.3, 0.4) is 0 Å². The summed E-state index contributed by atoms with van der Waals surface area (Å²) in [4.78, 5) is 0. The molecule has 0 N–H and O–H groups in total. The fraction of sp³-hybridized carbons (Fsp3) is 1.00. The third kappa shape index (κ3) is 2.50. The van der Waals surface area contributed by atoms with Gasteiger partial charge in [0, 0.05) is 5.75 Å². The summed E-state index contributed by atoms with van der Waals surface area (Å²) >= 11 is 6.93. The Morgan fingerprint density at radius 2 is 2.12 bits per heavy atom. The van der Waals surface area contributed by atoms with Crippen molar-refractivity contribution in [3.8, 4) is 0 Å². The Hall–Kier alpha value is 0.970. The highest BCUT2D eigenvalue weighted by atomic mass is 127. The lowest BCUT2D eigenvalue weighted by Crippen LogP contribution is -2.10. The average molecular weight is 269 g/mol. The zero-order valence-corrected chi connectivity index (χ0v) is 8.00. The van der Waals surface area contributed by atoms with Crippen LogP contribution < -0.4 is 0 Å². The molecule has 0 rings (SSSR count). The smallest absolute Gasteiger partial charge is 0.185 e. The third-order valence-electron chi connectivity index (χ3n) is 0.674. The Labute approximate surface area is 67.7 Å². The first-order valence-electron chi connectivity index (χ1n) is 2.00. The second-order valence-corrected chi connectivity index (χ2v) is 7.11. The Balaban J connectivity index is 4.17. The zero-order chi connectivity index (χ0) is 6.78. The van der Waals surface area contributed by atoms with E-state index in [9.17, 15) is 8.42 Å². The second kappa shape index (κ2) is 3.22. The summed E-state index contributed by atoms with van der Waals surface area (Å²) in [6, 6.07) is 0. The second-order valence-electron chi connectivity index (χ2n) is 1.21. The molecule has 0 fully saturated rings. The third-order valence-corrected chi connectivity index (χ3v) is 5.16. The van der Waals surface area contributed by atoms with E-state index in [1.807, 2.05) is 0 Å². The predicted molar refractivity (Wildman–Crippen MR) is 43.1 cm³/mol. The summed E-state index contributed by atoms with van der Waals surface area (Å²) in [6.07, 6.45) is 0. The Morgan fingerprint density at radius 1 is 1.75 bits per heavy atom. The predicted octanol–water partition coefficient (Wildman–Crippen LogP) is 1.38. The molecule has 50 valence electrons. The van der Waals surface area contributed by atoms with Crippen LogP contribution in [-0.4, -0.2) is 16.9 Å². The number of alkyl halides is 2. The van der Waals surface area contributed by atoms with E-state index in [1.165, 1.54) is 0 Å². The molecule has 5 heteroatoms. The van der Waals surface area contributed by atoms with Crippen LogP contribution in [0.4, 0.5) is 0 Å². The van der Waals surface area contributed by atoms with Crippen LogP contribution in [0.25, 0.3) is 0 Å². The molecule has 0 spiro atoms. The van der Waals surface area contributed by atoms with Gasteiger partial charge in [0.2, 0.25) is 0 Å². The van der Waals surface area contributed by atoms with Crippen LogP contribution >= 0.6 is 34.2 Å². The molecule has 0 aromatic carbocycles. The van der Waals surface area contributed by atoms with Crippen molar-refractivity contribution in [2.24, 2.45) is 0 Å². The summed E-state index contributed by atoms with van der Waals surface area (Å²) in [5.41, 5.74) is 0. The van der Waals surface area contributed by atoms with Gasteiger partial charge in [0.1, 0.15) is 0 Å². The first kappa shape index (κ1) is 8.97. The fourth-order valence-electron chi connectivity index (χ4n) is 0.126. The van der Waals surface area contributed by atoms with E-state index in [0.717, 1.165) is 0 Å². The fourth-order valence-corrected chi connectivity index (χ4v) is 1.83. The van der Waals surface area contributed by atoms with E-state index < -0.39 is 12.6 Å². The summed E-state index contributed by atoms with van der Waals surface area (Å²) in [7, 11) is -2.98. The van der Waals surface area contributed by atoms with Gasteiger partial charge in [-0.2, -0.15) is 0 Å². The molecule has 0 radical (unpaired) electrons. The average Bonchev–Trinajstić information content (AvgIpc) is 1.67. The molecule has 0 aliphatic carbocycles. The van der Waals surface area contributed by atoms with Crippen molar-refractivity contribution in [2.45, 2.75) is 9.64 Å². The quantitative estimate of drug-likeness (QED) is 0.560. The Morgan fingerprint density at radius 3 is 2.12 bits per heavy atom. The number of hydrogen-bond donors (Lipinski definition) is 0. The van der Waals surface area contributed by atoms with Crippen molar-refractivity contribution in [2.75, 3.05) is 5.75 Å². The molecule has 0 heterocycles. The van der Waals surface area contributed by atoms with Crippen LogP contribution in [0.1, 0.15) is 6.92 Å². The van der Waals surface area contributed by atoms with Crippen molar-refractivity contribution >= 4 is 44.0 Å². The standard InChI is InChI=1S/C3H6ClIO2S/c1-2-8(6,7)3(4)5/h3H,2H2,1H3/t3-/m1/s1. The molecule has 8 heavy (non-hydrogen) atoms. The summed E-state index contributed by atoms with van der Waals surface area (Å²) < 4.78 is 20.3. The maximum absolute atomic E-state index is 10.6. The van der Waals surface area contributed by atoms with E-state index >= 15 is 0 Å². The van der Waals surface area contributed by atoms with E-state index in [1.54, 1.807) is 29.5 Å². The molecular weight excluding hydrogens is 262 g/mol. The van der Waals surface area contributed by atoms with Crippen LogP contribution in [0, 0.1) is 0 Å². The first-order valence-corrected chi connectivity index (χ1v) is 5.40. The van der Waals surface area contributed by atoms with Crippen molar-refractivity contribution in [3.63, 3.8) is 0 Å². The molecule has 0 aromatic heterocycles. The lowest BCUT2D eigenvalue weighted by molar-refractivity contribution is 0.601. The van der Waals surface area contributed by atoms with Crippen LogP contribution in [-0.2, 0) is 9.84 Å². The van der Waals surface area contributed by atoms with Gasteiger partial charge in [-0.1, -0.05) is 18.5 Å². The monoisotopic (exact) mass is 268 g/mol. The van der Waals surface area contributed by atoms with Gasteiger partial charge in [-0.25, -0.2) is 8.42 Å². The molecular formula is C3H6ClIO2S. The zero-order valence-electron chi connectivity index (χ0n) is 4.27. The molecule has 0 aliphatic heterocycles. The van der Waals surface area contributed by atoms with Crippen molar-refractivity contribution in [3.05, 3.63) is 0 Å². The van der Waals surface area contributed by atoms with Gasteiger partial charge >= 0.3 is 0 Å². The molecule has 0 amide bonds. The topological polar surface area (TPSA) is 34.1 Å². The minimum atomic E-state index is -2.98. The molecule has 0 aromatic rings. The normalized spacial score (nSPS) is 15.9. The number of sulfone groups is 1. The largest absolute Gasteiger partial charge is 0.226 e. The number of hydrogen-bond acceptors (Lipinski definition) is 2. The lowest BCUT2D eigenvalue weighted by Gasteiger charge is -1.97. The van der Waals surface area contributed by atoms with Gasteiger partial charge < -0.3 is 0 Å². The van der Waals surface area contributed by atoms with E-state index in [0.29, 0.717) is 0 Å². The van der Waals surface area contributed by atoms with Gasteiger partial charge in [0.15, 0.2) is 12.6 Å². The first-order chi connectivity index (χ1) is 3.50. The molecule has 0 unspecified atom stereocenters. The molecule has 1 atom stereocenters. The van der Waals surface area contributed by atoms with Crippen LogP contribution in [0.2, 0.25) is 0 Å². The van der Waals surface area contributed by atoms with Crippen molar-refractivity contribution in [1.82, 2.24) is 0 Å². The van der Waals surface area contributed by atoms with Gasteiger partial charge in [0.25, 0.3) is 0 Å². The lowest BCUT2D eigenvalue weighted by atomic mass is 11.0. The Bertz CT molecular complexity index is 151. The molecule has 0 saturated heterocycles. The van der Waals surface area contributed by atoms with E-state index in [-0.39, 0.29) is 5.75 Å². The maximum atomic E-state index is 10.6. The van der Waals surface area contributed by atoms with Crippen molar-refractivity contribution < 1.29 is 8.42 Å². The van der Waals surface area contributed by atoms with Gasteiger partial charge in [-0.3, -0.25) is 0 Å². The molecule has 2 nitrogen and oxygen atoms in total. The highest BCUT2D eigenvalue weighted by Crippen LogP contribution is 2.14. The van der Waals surface area contributed by atoms with Gasteiger partial charge in [0.05, 0.1) is 0 Å². The molecule has 0 saturated carbocycles. The summed E-state index contributed by atoms with van der Waals surface area (Å²) in [5.74, 6) is 0.115. The highest BCUT2D eigenvalue weighted by molar-refractivity contribution is 14.1. The Kier molecular flexibility index (Phi) is 3.61. The summed E-state index contributed by atoms with van der Waals surface area (Å²) in [5, 5.41) is 0. The van der Waals surface area contributed by atoms with E-state index in [2.05, 4.69) is 0 Å². The van der Waals surface area contributed by atoms with Crippen molar-refractivity contribution in [1.29, 1.82) is 0 Å². The van der Waals surface area contributed by atoms with Gasteiger partial charge in [-0.05, 0) is 22.6 Å².